The number of nitrogens with zero attached hydrogens (tertiary/aromatic N) is 2. The van der Waals surface area contributed by atoms with Crippen LogP contribution < -0.4 is 10.3 Å². The second kappa shape index (κ2) is 15.2. The predicted molar refractivity (Wildman–Crippen MR) is 119 cm³/mol. The van der Waals surface area contributed by atoms with E-state index in [9.17, 15) is 0 Å². The number of hydrazone groups is 1. The van der Waals surface area contributed by atoms with Crippen molar-refractivity contribution in [2.24, 2.45) is 5.10 Å². The minimum absolute atomic E-state index is 0.491. The number of nitrogens with one attached hydrogen (secondary N) is 1. The van der Waals surface area contributed by atoms with Gasteiger partial charge in [-0.15, -0.1) is 0 Å². The first-order valence-electron chi connectivity index (χ1n) is 8.82. The van der Waals surface area contributed by atoms with Gasteiger partial charge in [-0.1, -0.05) is 68.1 Å². The summed E-state index contributed by atoms with van der Waals surface area (Å²) < 4.78 is 0. The first-order valence-corrected chi connectivity index (χ1v) is 9.20. The molecule has 4 heteroatoms. The number of benzene rings is 1. The lowest BCUT2D eigenvalue weighted by atomic mass is 10.2. The van der Waals surface area contributed by atoms with Gasteiger partial charge in [-0.25, -0.2) is 5.01 Å². The molecule has 142 valence electrons. The topological polar surface area (TPSA) is 27.6 Å². The van der Waals surface area contributed by atoms with Crippen LogP contribution >= 0.6 is 11.6 Å². The van der Waals surface area contributed by atoms with E-state index in [-0.39, 0.29) is 0 Å². The van der Waals surface area contributed by atoms with E-state index in [1.165, 1.54) is 17.3 Å². The molecule has 26 heavy (non-hydrogen) atoms. The lowest BCUT2D eigenvalue weighted by molar-refractivity contribution is 0.758. The SMILES string of the molecule is C/C=C(\CCNC)N(/N=C/C(C)=C/CC)c1ccccc1.C=CC(=C)Cl. The van der Waals surface area contributed by atoms with Crippen molar-refractivity contribution in [2.45, 2.75) is 33.6 Å². The van der Waals surface area contributed by atoms with Gasteiger partial charge in [0.05, 0.1) is 11.9 Å². The number of hydrogen-bond donors (Lipinski definition) is 1. The quantitative estimate of drug-likeness (QED) is 0.313. The van der Waals surface area contributed by atoms with Crippen LogP contribution in [-0.2, 0) is 0 Å². The van der Waals surface area contributed by atoms with Gasteiger partial charge >= 0.3 is 0 Å². The average molecular weight is 374 g/mol. The summed E-state index contributed by atoms with van der Waals surface area (Å²) in [5.41, 5.74) is 3.46. The maximum absolute atomic E-state index is 5.15. The van der Waals surface area contributed by atoms with Crippen molar-refractivity contribution in [1.29, 1.82) is 0 Å². The molecule has 1 aromatic carbocycles. The van der Waals surface area contributed by atoms with Crippen molar-refractivity contribution in [3.63, 3.8) is 0 Å². The van der Waals surface area contributed by atoms with Crippen LogP contribution in [0.25, 0.3) is 0 Å². The molecule has 0 spiro atoms. The standard InChI is InChI=1S/C18H27N3.C4H5Cl/c1-5-10-16(3)15-20-21(17(6-2)13-14-19-4)18-11-8-7-9-12-18;1-3-4(2)5/h6-12,15,19H,5,13-14H2,1-4H3;3H,1-2H2/b16-10+,17-6+,20-15+;. The molecule has 3 nitrogen and oxygen atoms in total. The molecule has 0 unspecified atom stereocenters. The third kappa shape index (κ3) is 10.7. The van der Waals surface area contributed by atoms with Gasteiger partial charge in [0.15, 0.2) is 0 Å². The molecule has 0 saturated carbocycles. The number of rotatable bonds is 9. The van der Waals surface area contributed by atoms with Gasteiger partial charge in [0.25, 0.3) is 0 Å². The van der Waals surface area contributed by atoms with Crippen molar-refractivity contribution in [2.75, 3.05) is 18.6 Å². The van der Waals surface area contributed by atoms with Crippen LogP contribution in [0.5, 0.6) is 0 Å². The molecule has 0 bridgehead atoms. The van der Waals surface area contributed by atoms with Crippen LogP contribution in [0.1, 0.15) is 33.6 Å². The number of para-hydroxylation sites is 1. The molecule has 0 fully saturated rings. The molecule has 0 aliphatic rings. The van der Waals surface area contributed by atoms with Gasteiger partial charge in [-0.05, 0) is 45.0 Å². The van der Waals surface area contributed by atoms with Gasteiger partial charge < -0.3 is 5.32 Å². The van der Waals surface area contributed by atoms with E-state index in [1.54, 1.807) is 0 Å². The van der Waals surface area contributed by atoms with E-state index >= 15 is 0 Å². The van der Waals surface area contributed by atoms with E-state index in [4.69, 9.17) is 11.6 Å². The summed E-state index contributed by atoms with van der Waals surface area (Å²) in [5, 5.41) is 10.4. The van der Waals surface area contributed by atoms with Crippen molar-refractivity contribution < 1.29 is 0 Å². The Bertz CT molecular complexity index is 616. The summed E-state index contributed by atoms with van der Waals surface area (Å²) in [7, 11) is 1.97. The Kier molecular flexibility index (Phi) is 14.0. The van der Waals surface area contributed by atoms with Gasteiger partial charge in [-0.3, -0.25) is 0 Å². The Morgan fingerprint density at radius 3 is 2.38 bits per heavy atom. The molecule has 0 amide bonds. The molecule has 0 heterocycles. The molecule has 0 radical (unpaired) electrons. The van der Waals surface area contributed by atoms with Crippen LogP contribution in [-0.4, -0.2) is 19.8 Å². The Morgan fingerprint density at radius 1 is 1.31 bits per heavy atom. The molecule has 0 aromatic heterocycles. The summed E-state index contributed by atoms with van der Waals surface area (Å²) in [6.07, 6.45) is 9.69. The van der Waals surface area contributed by atoms with Gasteiger partial charge in [0, 0.05) is 23.7 Å². The Balaban J connectivity index is 0.00000110. The molecule has 1 N–H and O–H groups in total. The Hall–Kier alpha value is -2.10. The zero-order valence-electron chi connectivity index (χ0n) is 16.5. The number of anilines is 1. The van der Waals surface area contributed by atoms with E-state index in [0.717, 1.165) is 25.1 Å². The molecule has 1 aromatic rings. The lowest BCUT2D eigenvalue weighted by Gasteiger charge is -2.22. The van der Waals surface area contributed by atoms with Gasteiger partial charge in [0.2, 0.25) is 0 Å². The monoisotopic (exact) mass is 373 g/mol. The first-order chi connectivity index (χ1) is 12.5. The Labute approximate surface area is 164 Å². The fourth-order valence-corrected chi connectivity index (χ4v) is 2.02. The Morgan fingerprint density at radius 2 is 1.92 bits per heavy atom. The third-order valence-electron chi connectivity index (χ3n) is 3.36. The van der Waals surface area contributed by atoms with Crippen LogP contribution in [0, 0.1) is 0 Å². The van der Waals surface area contributed by atoms with E-state index in [0.29, 0.717) is 5.03 Å². The van der Waals surface area contributed by atoms with E-state index < -0.39 is 0 Å². The maximum Gasteiger partial charge on any atom is 0.0648 e. The molecular weight excluding hydrogens is 342 g/mol. The van der Waals surface area contributed by atoms with E-state index in [2.05, 4.69) is 68.6 Å². The van der Waals surface area contributed by atoms with Gasteiger partial charge in [-0.2, -0.15) is 5.10 Å². The molecule has 0 saturated heterocycles. The summed E-state index contributed by atoms with van der Waals surface area (Å²) in [4.78, 5) is 0. The minimum Gasteiger partial charge on any atom is -0.319 e. The highest BCUT2D eigenvalue weighted by atomic mass is 35.5. The number of hydrogen-bond acceptors (Lipinski definition) is 3. The van der Waals surface area contributed by atoms with E-state index in [1.807, 2.05) is 36.5 Å². The molecule has 0 aliphatic heterocycles. The average Bonchev–Trinajstić information content (AvgIpc) is 2.65. The summed E-state index contributed by atoms with van der Waals surface area (Å²) in [6.45, 7) is 13.9. The van der Waals surface area contributed by atoms with Crippen LogP contribution in [0.3, 0.4) is 0 Å². The largest absolute Gasteiger partial charge is 0.319 e. The number of halogens is 1. The second-order valence-electron chi connectivity index (χ2n) is 5.53. The minimum atomic E-state index is 0.491. The molecule has 0 aliphatic carbocycles. The summed E-state index contributed by atoms with van der Waals surface area (Å²) in [5.74, 6) is 0. The predicted octanol–water partition coefficient (Wildman–Crippen LogP) is 6.27. The fourth-order valence-electron chi connectivity index (χ4n) is 2.02. The third-order valence-corrected chi connectivity index (χ3v) is 3.52. The van der Waals surface area contributed by atoms with Crippen molar-refractivity contribution in [1.82, 2.24) is 5.32 Å². The normalized spacial score (nSPS) is 11.7. The summed E-state index contributed by atoms with van der Waals surface area (Å²) >= 11 is 5.15. The van der Waals surface area contributed by atoms with Crippen LogP contribution in [0.2, 0.25) is 0 Å². The summed E-state index contributed by atoms with van der Waals surface area (Å²) in [6, 6.07) is 10.3. The smallest absolute Gasteiger partial charge is 0.0648 e. The van der Waals surface area contributed by atoms with Crippen LogP contribution in [0.4, 0.5) is 5.69 Å². The van der Waals surface area contributed by atoms with Crippen molar-refractivity contribution in [3.05, 3.63) is 78.0 Å². The molecular formula is C22H32ClN3. The number of allylic oxidation sites excluding steroid dienone is 5. The zero-order valence-corrected chi connectivity index (χ0v) is 17.3. The first kappa shape index (κ1) is 23.9. The maximum atomic E-state index is 5.15. The highest BCUT2D eigenvalue weighted by Gasteiger charge is 2.09. The highest BCUT2D eigenvalue weighted by Crippen LogP contribution is 2.21. The van der Waals surface area contributed by atoms with Gasteiger partial charge in [0.1, 0.15) is 0 Å². The van der Waals surface area contributed by atoms with Crippen molar-refractivity contribution in [3.8, 4) is 0 Å². The highest BCUT2D eigenvalue weighted by molar-refractivity contribution is 6.30. The fraction of sp³-hybridized carbons (Fsp3) is 0.318. The second-order valence-corrected chi connectivity index (χ2v) is 6.02. The lowest BCUT2D eigenvalue weighted by Crippen LogP contribution is -2.20. The zero-order chi connectivity index (χ0) is 19.8. The molecule has 0 atom stereocenters. The van der Waals surface area contributed by atoms with Crippen molar-refractivity contribution >= 4 is 23.5 Å². The van der Waals surface area contributed by atoms with Crippen LogP contribution in [0.15, 0.2) is 83.1 Å². The molecule has 1 rings (SSSR count).